The topological polar surface area (TPSA) is 54.0 Å². The molecule has 0 saturated heterocycles. The number of carbonyl (C=O) groups excluding carboxylic acids is 1. The fourth-order valence-electron chi connectivity index (χ4n) is 2.39. The normalized spacial score (nSPS) is 10.3. The summed E-state index contributed by atoms with van der Waals surface area (Å²) in [5.41, 5.74) is 3.87. The van der Waals surface area contributed by atoms with Crippen molar-refractivity contribution in [1.29, 1.82) is 0 Å². The van der Waals surface area contributed by atoms with Gasteiger partial charge >= 0.3 is 0 Å². The lowest BCUT2D eigenvalue weighted by Crippen LogP contribution is -2.12. The van der Waals surface area contributed by atoms with E-state index in [0.717, 1.165) is 12.2 Å². The quantitative estimate of drug-likeness (QED) is 0.686. The summed E-state index contributed by atoms with van der Waals surface area (Å²) in [6.07, 6.45) is 1.70. The third kappa shape index (κ3) is 4.81. The molecule has 0 unspecified atom stereocenters. The Balaban J connectivity index is 1.58. The highest BCUT2D eigenvalue weighted by Gasteiger charge is 2.06. The standard InChI is InChI=1S/C20H18ClN3O/c1-14-3-2-4-15(11-14)12-22-18-9-10-19(23-13-18)24-20(25)16-5-7-17(21)8-6-16/h2-11,13,22H,12H2,1H3,(H,23,24,25). The van der Waals surface area contributed by atoms with Crippen LogP contribution >= 0.6 is 11.6 Å². The van der Waals surface area contributed by atoms with Crippen LogP contribution in [0.25, 0.3) is 0 Å². The van der Waals surface area contributed by atoms with Crippen LogP contribution < -0.4 is 10.6 Å². The van der Waals surface area contributed by atoms with Crippen LogP contribution in [0.2, 0.25) is 5.02 Å². The van der Waals surface area contributed by atoms with Gasteiger partial charge in [0, 0.05) is 17.1 Å². The summed E-state index contributed by atoms with van der Waals surface area (Å²) >= 11 is 5.83. The van der Waals surface area contributed by atoms with Gasteiger partial charge in [-0.2, -0.15) is 0 Å². The molecule has 0 spiro atoms. The zero-order valence-corrected chi connectivity index (χ0v) is 14.5. The first-order chi connectivity index (χ1) is 12.1. The van der Waals surface area contributed by atoms with Crippen molar-refractivity contribution in [2.24, 2.45) is 0 Å². The summed E-state index contributed by atoms with van der Waals surface area (Å²) in [5, 5.41) is 6.68. The minimum absolute atomic E-state index is 0.218. The number of aromatic nitrogens is 1. The van der Waals surface area contributed by atoms with Crippen LogP contribution in [0, 0.1) is 6.92 Å². The number of carbonyl (C=O) groups is 1. The molecule has 0 radical (unpaired) electrons. The fraction of sp³-hybridized carbons (Fsp3) is 0.100. The highest BCUT2D eigenvalue weighted by Crippen LogP contribution is 2.14. The Morgan fingerprint density at radius 3 is 2.56 bits per heavy atom. The molecule has 3 rings (SSSR count). The molecule has 126 valence electrons. The Hall–Kier alpha value is -2.85. The van der Waals surface area contributed by atoms with Gasteiger partial charge in [0.05, 0.1) is 11.9 Å². The van der Waals surface area contributed by atoms with Gasteiger partial charge < -0.3 is 10.6 Å². The van der Waals surface area contributed by atoms with Crippen molar-refractivity contribution in [2.45, 2.75) is 13.5 Å². The van der Waals surface area contributed by atoms with Crippen molar-refractivity contribution in [1.82, 2.24) is 4.98 Å². The maximum atomic E-state index is 12.1. The molecule has 2 N–H and O–H groups in total. The molecule has 1 amide bonds. The molecule has 1 heterocycles. The number of hydrogen-bond acceptors (Lipinski definition) is 3. The van der Waals surface area contributed by atoms with Crippen LogP contribution in [0.5, 0.6) is 0 Å². The van der Waals surface area contributed by atoms with Crippen molar-refractivity contribution < 1.29 is 4.79 Å². The summed E-state index contributed by atoms with van der Waals surface area (Å²) in [5.74, 6) is 0.283. The lowest BCUT2D eigenvalue weighted by atomic mass is 10.1. The molecule has 5 heteroatoms. The van der Waals surface area contributed by atoms with E-state index in [9.17, 15) is 4.79 Å². The number of benzene rings is 2. The van der Waals surface area contributed by atoms with E-state index in [2.05, 4.69) is 40.7 Å². The number of aryl methyl sites for hydroxylation is 1. The van der Waals surface area contributed by atoms with Gasteiger partial charge in [0.15, 0.2) is 0 Å². The highest BCUT2D eigenvalue weighted by atomic mass is 35.5. The Morgan fingerprint density at radius 2 is 1.88 bits per heavy atom. The van der Waals surface area contributed by atoms with E-state index in [1.807, 2.05) is 12.1 Å². The monoisotopic (exact) mass is 351 g/mol. The number of hydrogen-bond donors (Lipinski definition) is 2. The molecular weight excluding hydrogens is 334 g/mol. The second kappa shape index (κ2) is 7.81. The van der Waals surface area contributed by atoms with Crippen LogP contribution in [0.1, 0.15) is 21.5 Å². The number of halogens is 1. The molecule has 25 heavy (non-hydrogen) atoms. The average Bonchev–Trinajstić information content (AvgIpc) is 2.62. The zero-order chi connectivity index (χ0) is 17.6. The van der Waals surface area contributed by atoms with E-state index in [1.165, 1.54) is 11.1 Å². The van der Waals surface area contributed by atoms with Gasteiger partial charge in [0.25, 0.3) is 5.91 Å². The van der Waals surface area contributed by atoms with Crippen LogP contribution in [0.15, 0.2) is 66.9 Å². The molecule has 2 aromatic carbocycles. The average molecular weight is 352 g/mol. The van der Waals surface area contributed by atoms with Crippen molar-refractivity contribution in [3.05, 3.63) is 88.6 Å². The van der Waals surface area contributed by atoms with Crippen molar-refractivity contribution in [3.8, 4) is 0 Å². The maximum Gasteiger partial charge on any atom is 0.256 e. The Morgan fingerprint density at radius 1 is 1.08 bits per heavy atom. The first-order valence-electron chi connectivity index (χ1n) is 7.92. The van der Waals surface area contributed by atoms with Gasteiger partial charge in [-0.3, -0.25) is 4.79 Å². The van der Waals surface area contributed by atoms with E-state index in [1.54, 1.807) is 36.5 Å². The van der Waals surface area contributed by atoms with Gasteiger partial charge in [-0.15, -0.1) is 0 Å². The minimum Gasteiger partial charge on any atom is -0.380 e. The van der Waals surface area contributed by atoms with Crippen LogP contribution in [-0.2, 0) is 6.54 Å². The van der Waals surface area contributed by atoms with Crippen molar-refractivity contribution in [3.63, 3.8) is 0 Å². The van der Waals surface area contributed by atoms with E-state index in [-0.39, 0.29) is 5.91 Å². The van der Waals surface area contributed by atoms with Gasteiger partial charge in [-0.1, -0.05) is 41.4 Å². The molecule has 0 fully saturated rings. The molecule has 0 aliphatic heterocycles. The fourth-order valence-corrected chi connectivity index (χ4v) is 2.51. The van der Waals surface area contributed by atoms with E-state index < -0.39 is 0 Å². The number of anilines is 2. The summed E-state index contributed by atoms with van der Waals surface area (Å²) in [4.78, 5) is 16.4. The predicted molar refractivity (Wildman–Crippen MR) is 102 cm³/mol. The van der Waals surface area contributed by atoms with E-state index in [0.29, 0.717) is 16.4 Å². The second-order valence-corrected chi connectivity index (χ2v) is 6.17. The Kier molecular flexibility index (Phi) is 5.31. The van der Waals surface area contributed by atoms with Crippen LogP contribution in [0.4, 0.5) is 11.5 Å². The SMILES string of the molecule is Cc1cccc(CNc2ccc(NC(=O)c3ccc(Cl)cc3)nc2)c1. The Labute approximate surface area is 151 Å². The second-order valence-electron chi connectivity index (χ2n) is 5.74. The van der Waals surface area contributed by atoms with Crippen LogP contribution in [-0.4, -0.2) is 10.9 Å². The van der Waals surface area contributed by atoms with E-state index in [4.69, 9.17) is 11.6 Å². The number of nitrogens with zero attached hydrogens (tertiary/aromatic N) is 1. The Bertz CT molecular complexity index is 861. The molecule has 0 saturated carbocycles. The first-order valence-corrected chi connectivity index (χ1v) is 8.30. The van der Waals surface area contributed by atoms with Crippen LogP contribution in [0.3, 0.4) is 0 Å². The number of amides is 1. The lowest BCUT2D eigenvalue weighted by Gasteiger charge is -2.08. The van der Waals surface area contributed by atoms with Crippen molar-refractivity contribution in [2.75, 3.05) is 10.6 Å². The molecule has 4 nitrogen and oxygen atoms in total. The molecule has 3 aromatic rings. The number of nitrogens with one attached hydrogen (secondary N) is 2. The van der Waals surface area contributed by atoms with Gasteiger partial charge in [-0.05, 0) is 48.9 Å². The highest BCUT2D eigenvalue weighted by molar-refractivity contribution is 6.30. The summed E-state index contributed by atoms with van der Waals surface area (Å²) in [6.45, 7) is 2.79. The third-order valence-electron chi connectivity index (χ3n) is 3.69. The molecule has 0 aliphatic carbocycles. The minimum atomic E-state index is -0.218. The first kappa shape index (κ1) is 17.0. The van der Waals surface area contributed by atoms with Gasteiger partial charge in [0.2, 0.25) is 0 Å². The lowest BCUT2D eigenvalue weighted by molar-refractivity contribution is 0.102. The molecular formula is C20H18ClN3O. The van der Waals surface area contributed by atoms with E-state index >= 15 is 0 Å². The zero-order valence-electron chi connectivity index (χ0n) is 13.8. The molecule has 0 aliphatic rings. The summed E-state index contributed by atoms with van der Waals surface area (Å²) in [7, 11) is 0. The predicted octanol–water partition coefficient (Wildman–Crippen LogP) is 4.91. The smallest absolute Gasteiger partial charge is 0.256 e. The number of pyridine rings is 1. The molecule has 0 bridgehead atoms. The van der Waals surface area contributed by atoms with Gasteiger partial charge in [-0.25, -0.2) is 4.98 Å². The maximum absolute atomic E-state index is 12.1. The summed E-state index contributed by atoms with van der Waals surface area (Å²) < 4.78 is 0. The summed E-state index contributed by atoms with van der Waals surface area (Å²) in [6, 6.07) is 18.7. The molecule has 0 atom stereocenters. The molecule has 1 aromatic heterocycles. The third-order valence-corrected chi connectivity index (χ3v) is 3.94. The van der Waals surface area contributed by atoms with Gasteiger partial charge in [0.1, 0.15) is 5.82 Å². The van der Waals surface area contributed by atoms with Crippen molar-refractivity contribution >= 4 is 29.0 Å². The largest absolute Gasteiger partial charge is 0.380 e. The number of rotatable bonds is 5.